The molecule has 1 aromatic heterocycles. The minimum Gasteiger partial charge on any atom is -0.476 e. The molecular formula is C17H11Cl2N3O4. The molecule has 0 unspecified atom stereocenters. The average Bonchev–Trinajstić information content (AvgIpc) is 2.60. The van der Waals surface area contributed by atoms with E-state index in [1.807, 2.05) is 0 Å². The Morgan fingerprint density at radius 3 is 2.50 bits per heavy atom. The van der Waals surface area contributed by atoms with Crippen molar-refractivity contribution < 1.29 is 14.7 Å². The van der Waals surface area contributed by atoms with Gasteiger partial charge in [0.2, 0.25) is 5.91 Å². The molecule has 3 aromatic rings. The lowest BCUT2D eigenvalue weighted by molar-refractivity contribution is -0.117. The van der Waals surface area contributed by atoms with Gasteiger partial charge in [-0.15, -0.1) is 0 Å². The third-order valence-corrected chi connectivity index (χ3v) is 4.13. The van der Waals surface area contributed by atoms with E-state index in [1.165, 1.54) is 24.3 Å². The Hall–Kier alpha value is -2.90. The largest absolute Gasteiger partial charge is 0.476 e. The standard InChI is InChI=1S/C17H11Cl2N3O4/c18-9-5-6-12(19)13(7-9)20-14(23)8-22-16(24)11-4-2-1-3-10(11)15(21-22)17(25)26/h1-7H,8H2,(H,20,23)(H,25,26). The fourth-order valence-corrected chi connectivity index (χ4v) is 2.76. The fourth-order valence-electron chi connectivity index (χ4n) is 2.42. The third kappa shape index (κ3) is 3.54. The number of hydrogen-bond acceptors (Lipinski definition) is 4. The first-order chi connectivity index (χ1) is 12.4. The molecule has 2 N–H and O–H groups in total. The van der Waals surface area contributed by atoms with Crippen LogP contribution in [-0.2, 0) is 11.3 Å². The molecular weight excluding hydrogens is 381 g/mol. The lowest BCUT2D eigenvalue weighted by atomic mass is 10.1. The molecule has 0 aliphatic carbocycles. The molecule has 0 radical (unpaired) electrons. The van der Waals surface area contributed by atoms with E-state index in [9.17, 15) is 19.5 Å². The summed E-state index contributed by atoms with van der Waals surface area (Å²) in [5.41, 5.74) is -0.608. The highest BCUT2D eigenvalue weighted by Crippen LogP contribution is 2.25. The predicted molar refractivity (Wildman–Crippen MR) is 98.1 cm³/mol. The minimum absolute atomic E-state index is 0.161. The zero-order chi connectivity index (χ0) is 18.8. The van der Waals surface area contributed by atoms with Gasteiger partial charge in [0.15, 0.2) is 5.69 Å². The number of nitrogens with one attached hydrogen (secondary N) is 1. The number of carbonyl (C=O) groups is 2. The fraction of sp³-hybridized carbons (Fsp3) is 0.0588. The van der Waals surface area contributed by atoms with Crippen LogP contribution in [-0.4, -0.2) is 26.8 Å². The molecule has 0 aliphatic heterocycles. The Kier molecular flexibility index (Phi) is 4.92. The summed E-state index contributed by atoms with van der Waals surface area (Å²) >= 11 is 11.8. The van der Waals surface area contributed by atoms with Crippen LogP contribution in [0.2, 0.25) is 10.0 Å². The molecule has 0 aliphatic rings. The van der Waals surface area contributed by atoms with E-state index in [1.54, 1.807) is 18.2 Å². The summed E-state index contributed by atoms with van der Waals surface area (Å²) in [4.78, 5) is 36.2. The predicted octanol–water partition coefficient (Wildman–Crippen LogP) is 3.04. The molecule has 3 rings (SSSR count). The molecule has 0 saturated heterocycles. The molecule has 2 aromatic carbocycles. The number of nitrogens with zero attached hydrogens (tertiary/aromatic N) is 2. The molecule has 7 nitrogen and oxygen atoms in total. The number of benzene rings is 2. The Balaban J connectivity index is 1.97. The zero-order valence-corrected chi connectivity index (χ0v) is 14.6. The molecule has 1 heterocycles. The molecule has 0 bridgehead atoms. The quantitative estimate of drug-likeness (QED) is 0.711. The van der Waals surface area contributed by atoms with E-state index in [4.69, 9.17) is 23.2 Å². The number of hydrogen-bond donors (Lipinski definition) is 2. The van der Waals surface area contributed by atoms with Gasteiger partial charge in [0.05, 0.1) is 16.1 Å². The van der Waals surface area contributed by atoms with Gasteiger partial charge < -0.3 is 10.4 Å². The highest BCUT2D eigenvalue weighted by atomic mass is 35.5. The Morgan fingerprint density at radius 1 is 1.12 bits per heavy atom. The van der Waals surface area contributed by atoms with E-state index in [0.717, 1.165) is 4.68 Å². The summed E-state index contributed by atoms with van der Waals surface area (Å²) in [5, 5.41) is 16.7. The lowest BCUT2D eigenvalue weighted by Crippen LogP contribution is -2.31. The van der Waals surface area contributed by atoms with E-state index in [2.05, 4.69) is 10.4 Å². The maximum absolute atomic E-state index is 12.5. The van der Waals surface area contributed by atoms with Gasteiger partial charge in [-0.3, -0.25) is 9.59 Å². The molecule has 0 fully saturated rings. The van der Waals surface area contributed by atoms with Crippen LogP contribution in [0.15, 0.2) is 47.3 Å². The van der Waals surface area contributed by atoms with Crippen molar-refractivity contribution in [1.29, 1.82) is 0 Å². The highest BCUT2D eigenvalue weighted by molar-refractivity contribution is 6.35. The number of aromatic carboxylic acids is 1. The van der Waals surface area contributed by atoms with Crippen LogP contribution in [0.1, 0.15) is 10.5 Å². The number of carboxylic acid groups (broad SMARTS) is 1. The smallest absolute Gasteiger partial charge is 0.357 e. The maximum atomic E-state index is 12.5. The summed E-state index contributed by atoms with van der Waals surface area (Å²) in [5.74, 6) is -1.90. The third-order valence-electron chi connectivity index (χ3n) is 3.57. The van der Waals surface area contributed by atoms with Gasteiger partial charge in [-0.05, 0) is 24.3 Å². The van der Waals surface area contributed by atoms with Gasteiger partial charge in [-0.1, -0.05) is 41.4 Å². The molecule has 1 amide bonds. The van der Waals surface area contributed by atoms with E-state index < -0.39 is 24.0 Å². The van der Waals surface area contributed by atoms with Gasteiger partial charge >= 0.3 is 5.97 Å². The van der Waals surface area contributed by atoms with Crippen molar-refractivity contribution in [2.45, 2.75) is 6.54 Å². The molecule has 0 atom stereocenters. The molecule has 26 heavy (non-hydrogen) atoms. The van der Waals surface area contributed by atoms with E-state index >= 15 is 0 Å². The van der Waals surface area contributed by atoms with Crippen LogP contribution >= 0.6 is 23.2 Å². The first-order valence-corrected chi connectivity index (χ1v) is 8.10. The second-order valence-electron chi connectivity index (χ2n) is 5.33. The van der Waals surface area contributed by atoms with Crippen molar-refractivity contribution >= 4 is 51.5 Å². The van der Waals surface area contributed by atoms with Crippen molar-refractivity contribution in [2.24, 2.45) is 0 Å². The van der Waals surface area contributed by atoms with Crippen LogP contribution in [0, 0.1) is 0 Å². The van der Waals surface area contributed by atoms with Gasteiger partial charge in [0.25, 0.3) is 5.56 Å². The number of carbonyl (C=O) groups excluding carboxylic acids is 1. The van der Waals surface area contributed by atoms with Crippen LogP contribution in [0.4, 0.5) is 5.69 Å². The van der Waals surface area contributed by atoms with Gasteiger partial charge in [-0.25, -0.2) is 9.48 Å². The van der Waals surface area contributed by atoms with Gasteiger partial charge in [0, 0.05) is 10.4 Å². The number of fused-ring (bicyclic) bond motifs is 1. The SMILES string of the molecule is O=C(Cn1nc(C(=O)O)c2ccccc2c1=O)Nc1cc(Cl)ccc1Cl. The van der Waals surface area contributed by atoms with Crippen molar-refractivity contribution in [1.82, 2.24) is 9.78 Å². The monoisotopic (exact) mass is 391 g/mol. The molecule has 9 heteroatoms. The van der Waals surface area contributed by atoms with Gasteiger partial charge in [-0.2, -0.15) is 5.10 Å². The van der Waals surface area contributed by atoms with Crippen molar-refractivity contribution in [3.05, 3.63) is 68.6 Å². The number of anilines is 1. The second-order valence-corrected chi connectivity index (χ2v) is 6.18. The second kappa shape index (κ2) is 7.15. The van der Waals surface area contributed by atoms with Crippen LogP contribution in [0.3, 0.4) is 0 Å². The summed E-state index contributed by atoms with van der Waals surface area (Å²) in [6, 6.07) is 10.7. The number of amides is 1. The van der Waals surface area contributed by atoms with Crippen LogP contribution < -0.4 is 10.9 Å². The number of aromatic nitrogens is 2. The summed E-state index contributed by atoms with van der Waals surface area (Å²) in [6.45, 7) is -0.479. The Morgan fingerprint density at radius 2 is 1.81 bits per heavy atom. The van der Waals surface area contributed by atoms with E-state index in [0.29, 0.717) is 5.02 Å². The van der Waals surface area contributed by atoms with Crippen molar-refractivity contribution in [3.8, 4) is 0 Å². The first-order valence-electron chi connectivity index (χ1n) is 7.35. The van der Waals surface area contributed by atoms with Crippen LogP contribution in [0.25, 0.3) is 10.8 Å². The lowest BCUT2D eigenvalue weighted by Gasteiger charge is -2.10. The number of rotatable bonds is 4. The molecule has 0 saturated carbocycles. The normalized spacial score (nSPS) is 10.7. The number of carboxylic acids is 1. The highest BCUT2D eigenvalue weighted by Gasteiger charge is 2.17. The summed E-state index contributed by atoms with van der Waals surface area (Å²) < 4.78 is 0.805. The molecule has 132 valence electrons. The maximum Gasteiger partial charge on any atom is 0.357 e. The zero-order valence-electron chi connectivity index (χ0n) is 13.1. The number of halogens is 2. The van der Waals surface area contributed by atoms with Crippen molar-refractivity contribution in [3.63, 3.8) is 0 Å². The Labute approximate surface area is 156 Å². The van der Waals surface area contributed by atoms with E-state index in [-0.39, 0.29) is 27.2 Å². The van der Waals surface area contributed by atoms with Crippen LogP contribution in [0.5, 0.6) is 0 Å². The first kappa shape index (κ1) is 17.9. The Bertz CT molecular complexity index is 1100. The molecule has 0 spiro atoms. The summed E-state index contributed by atoms with van der Waals surface area (Å²) in [7, 11) is 0. The van der Waals surface area contributed by atoms with Crippen molar-refractivity contribution in [2.75, 3.05) is 5.32 Å². The van der Waals surface area contributed by atoms with Gasteiger partial charge in [0.1, 0.15) is 6.54 Å². The average molecular weight is 392 g/mol. The summed E-state index contributed by atoms with van der Waals surface area (Å²) in [6.07, 6.45) is 0. The minimum atomic E-state index is -1.30. The topological polar surface area (TPSA) is 101 Å².